The Labute approximate surface area is 228 Å². The van der Waals surface area contributed by atoms with Crippen molar-refractivity contribution in [1.29, 1.82) is 0 Å². The number of hydrogen-bond donors (Lipinski definition) is 1. The van der Waals surface area contributed by atoms with Gasteiger partial charge in [0, 0.05) is 10.6 Å². The lowest BCUT2D eigenvalue weighted by Gasteiger charge is -2.25. The van der Waals surface area contributed by atoms with Crippen LogP contribution in [0.4, 0.5) is 0 Å². The fourth-order valence-corrected chi connectivity index (χ4v) is 5.44. The molecule has 0 spiro atoms. The Balaban J connectivity index is 1.91. The number of esters is 1. The van der Waals surface area contributed by atoms with Gasteiger partial charge in [0.05, 0.1) is 28.5 Å². The quantitative estimate of drug-likeness (QED) is 0.429. The minimum Gasteiger partial charge on any atom is -0.483 e. The zero-order valence-electron chi connectivity index (χ0n) is 21.5. The van der Waals surface area contributed by atoms with E-state index >= 15 is 0 Å². The molecule has 0 fully saturated rings. The predicted molar refractivity (Wildman–Crippen MR) is 147 cm³/mol. The molecule has 3 aromatic rings. The standard InChI is InChI=1S/C28H28ClN3O5S/c1-5-36-27(35)24-16(4)31-28-32(25(24)18-8-6-17(7-9-18)15(2)3)26(34)22(38-28)13-19-12-20(29)10-11-21(19)37-14-23(30)33/h6-13,15,25H,5,14H2,1-4H3,(H2,30,33). The number of amides is 1. The molecule has 0 saturated carbocycles. The van der Waals surface area contributed by atoms with E-state index in [0.717, 1.165) is 11.1 Å². The van der Waals surface area contributed by atoms with Crippen LogP contribution in [0.3, 0.4) is 0 Å². The van der Waals surface area contributed by atoms with Crippen molar-refractivity contribution in [1.82, 2.24) is 4.57 Å². The summed E-state index contributed by atoms with van der Waals surface area (Å²) in [5, 5.41) is 0.430. The molecule has 1 aliphatic heterocycles. The highest BCUT2D eigenvalue weighted by Crippen LogP contribution is 2.31. The average Bonchev–Trinajstić information content (AvgIpc) is 3.17. The van der Waals surface area contributed by atoms with Gasteiger partial charge in [-0.05, 0) is 55.2 Å². The van der Waals surface area contributed by atoms with E-state index in [2.05, 4.69) is 18.8 Å². The van der Waals surface area contributed by atoms with Crippen LogP contribution in [0.1, 0.15) is 56.3 Å². The van der Waals surface area contributed by atoms with Crippen molar-refractivity contribution >= 4 is 40.9 Å². The Morgan fingerprint density at radius 3 is 2.55 bits per heavy atom. The molecule has 2 N–H and O–H groups in total. The number of nitrogens with zero attached hydrogens (tertiary/aromatic N) is 2. The molecule has 1 unspecified atom stereocenters. The van der Waals surface area contributed by atoms with E-state index in [9.17, 15) is 14.4 Å². The van der Waals surface area contributed by atoms with E-state index in [0.29, 0.717) is 42.9 Å². The SMILES string of the molecule is CCOC(=O)C1=C(C)N=c2sc(=Cc3cc(Cl)ccc3OCC(N)=O)c(=O)n2C1c1ccc(C(C)C)cc1. The second-order valence-corrected chi connectivity index (χ2v) is 10.5. The van der Waals surface area contributed by atoms with E-state index in [4.69, 9.17) is 26.8 Å². The maximum absolute atomic E-state index is 13.8. The van der Waals surface area contributed by atoms with Crippen LogP contribution in [0, 0.1) is 0 Å². The normalized spacial score (nSPS) is 15.3. The Kier molecular flexibility index (Phi) is 8.18. The molecule has 0 aliphatic carbocycles. The maximum Gasteiger partial charge on any atom is 0.338 e. The molecule has 4 rings (SSSR count). The zero-order chi connectivity index (χ0) is 27.6. The molecule has 0 saturated heterocycles. The molecule has 2 heterocycles. The van der Waals surface area contributed by atoms with E-state index in [-0.39, 0.29) is 18.8 Å². The first-order chi connectivity index (χ1) is 18.1. The van der Waals surface area contributed by atoms with Crippen LogP contribution in [0.2, 0.25) is 5.02 Å². The Hall–Kier alpha value is -3.69. The lowest BCUT2D eigenvalue weighted by molar-refractivity contribution is -0.139. The van der Waals surface area contributed by atoms with Crippen molar-refractivity contribution in [3.63, 3.8) is 0 Å². The summed E-state index contributed by atoms with van der Waals surface area (Å²) in [5.41, 5.74) is 8.11. The second-order valence-electron chi connectivity index (χ2n) is 9.06. The number of primary amides is 1. The van der Waals surface area contributed by atoms with Crippen molar-refractivity contribution in [3.05, 3.63) is 95.1 Å². The number of carbonyl (C=O) groups is 2. The Morgan fingerprint density at radius 2 is 1.92 bits per heavy atom. The fourth-order valence-electron chi connectivity index (χ4n) is 4.22. The number of carbonyl (C=O) groups excluding carboxylic acids is 2. The van der Waals surface area contributed by atoms with Crippen LogP contribution in [0.15, 0.2) is 63.5 Å². The number of halogens is 1. The number of fused-ring (bicyclic) bond motifs is 1. The van der Waals surface area contributed by atoms with Gasteiger partial charge in [0.15, 0.2) is 11.4 Å². The van der Waals surface area contributed by atoms with E-state index in [1.807, 2.05) is 24.3 Å². The van der Waals surface area contributed by atoms with Crippen molar-refractivity contribution < 1.29 is 19.1 Å². The largest absolute Gasteiger partial charge is 0.483 e. The Bertz CT molecular complexity index is 1600. The van der Waals surface area contributed by atoms with Crippen LogP contribution >= 0.6 is 22.9 Å². The van der Waals surface area contributed by atoms with Crippen molar-refractivity contribution in [3.8, 4) is 5.75 Å². The number of rotatable bonds is 8. The molecule has 10 heteroatoms. The number of allylic oxidation sites excluding steroid dienone is 1. The molecule has 1 atom stereocenters. The number of ether oxygens (including phenoxy) is 2. The second kappa shape index (κ2) is 11.4. The summed E-state index contributed by atoms with van der Waals surface area (Å²) < 4.78 is 12.8. The summed E-state index contributed by atoms with van der Waals surface area (Å²) in [6, 6.07) is 12.0. The predicted octanol–water partition coefficient (Wildman–Crippen LogP) is 3.44. The number of nitrogens with two attached hydrogens (primary N) is 1. The van der Waals surface area contributed by atoms with Gasteiger partial charge in [-0.15, -0.1) is 0 Å². The minimum atomic E-state index is -0.710. The highest BCUT2D eigenvalue weighted by atomic mass is 35.5. The topological polar surface area (TPSA) is 113 Å². The maximum atomic E-state index is 13.8. The van der Waals surface area contributed by atoms with Crippen molar-refractivity contribution in [2.45, 2.75) is 39.7 Å². The molecule has 8 nitrogen and oxygen atoms in total. The van der Waals surface area contributed by atoms with Crippen LogP contribution < -0.4 is 25.4 Å². The fraction of sp³-hybridized carbons (Fsp3) is 0.286. The van der Waals surface area contributed by atoms with Crippen LogP contribution in [0.5, 0.6) is 5.75 Å². The average molecular weight is 554 g/mol. The molecule has 1 amide bonds. The number of hydrogen-bond acceptors (Lipinski definition) is 7. The zero-order valence-corrected chi connectivity index (χ0v) is 23.1. The third-order valence-corrected chi connectivity index (χ3v) is 7.28. The van der Waals surface area contributed by atoms with Crippen LogP contribution in [0.25, 0.3) is 6.08 Å². The monoisotopic (exact) mass is 553 g/mol. The van der Waals surface area contributed by atoms with Gasteiger partial charge in [0.25, 0.3) is 11.5 Å². The highest BCUT2D eigenvalue weighted by molar-refractivity contribution is 7.07. The molecule has 1 aromatic heterocycles. The van der Waals surface area contributed by atoms with Gasteiger partial charge in [-0.25, -0.2) is 9.79 Å². The van der Waals surface area contributed by atoms with Crippen LogP contribution in [-0.4, -0.2) is 29.7 Å². The number of aromatic nitrogens is 1. The first kappa shape index (κ1) is 27.3. The highest BCUT2D eigenvalue weighted by Gasteiger charge is 2.33. The van der Waals surface area contributed by atoms with Crippen molar-refractivity contribution in [2.24, 2.45) is 10.7 Å². The number of benzene rings is 2. The summed E-state index contributed by atoms with van der Waals surface area (Å²) in [7, 11) is 0. The third kappa shape index (κ3) is 5.58. The minimum absolute atomic E-state index is 0.196. The van der Waals surface area contributed by atoms with Gasteiger partial charge in [-0.3, -0.25) is 14.2 Å². The molecule has 38 heavy (non-hydrogen) atoms. The third-order valence-electron chi connectivity index (χ3n) is 6.06. The summed E-state index contributed by atoms with van der Waals surface area (Å²) in [5.74, 6) is -0.464. The van der Waals surface area contributed by atoms with E-state index in [1.54, 1.807) is 38.1 Å². The molecule has 198 valence electrons. The molecular weight excluding hydrogens is 526 g/mol. The molecule has 2 aromatic carbocycles. The van der Waals surface area contributed by atoms with Gasteiger partial charge >= 0.3 is 5.97 Å². The number of thiazole rings is 1. The lowest BCUT2D eigenvalue weighted by atomic mass is 9.93. The Morgan fingerprint density at radius 1 is 1.21 bits per heavy atom. The van der Waals surface area contributed by atoms with Gasteiger partial charge in [-0.2, -0.15) is 0 Å². The van der Waals surface area contributed by atoms with Gasteiger partial charge in [-0.1, -0.05) is 61.1 Å². The summed E-state index contributed by atoms with van der Waals surface area (Å²) in [4.78, 5) is 43.2. The molecule has 0 radical (unpaired) electrons. The van der Waals surface area contributed by atoms with Crippen molar-refractivity contribution in [2.75, 3.05) is 13.2 Å². The summed E-state index contributed by atoms with van der Waals surface area (Å²) in [6.45, 7) is 7.55. The molecule has 1 aliphatic rings. The summed E-state index contributed by atoms with van der Waals surface area (Å²) in [6.07, 6.45) is 1.63. The van der Waals surface area contributed by atoms with Gasteiger partial charge in [0.1, 0.15) is 5.75 Å². The first-order valence-corrected chi connectivity index (χ1v) is 13.3. The van der Waals surface area contributed by atoms with Crippen LogP contribution in [-0.2, 0) is 14.3 Å². The first-order valence-electron chi connectivity index (χ1n) is 12.1. The molecular formula is C28H28ClN3O5S. The van der Waals surface area contributed by atoms with Gasteiger partial charge in [0.2, 0.25) is 0 Å². The van der Waals surface area contributed by atoms with Gasteiger partial charge < -0.3 is 15.2 Å². The summed E-state index contributed by atoms with van der Waals surface area (Å²) >= 11 is 7.39. The van der Waals surface area contributed by atoms with E-state index in [1.165, 1.54) is 15.9 Å². The smallest absolute Gasteiger partial charge is 0.338 e. The molecule has 0 bridgehead atoms. The van der Waals surface area contributed by atoms with E-state index < -0.39 is 17.9 Å². The lowest BCUT2D eigenvalue weighted by Crippen LogP contribution is -2.40.